The van der Waals surface area contributed by atoms with Crippen LogP contribution in [0, 0.1) is 6.92 Å². The van der Waals surface area contributed by atoms with E-state index in [9.17, 15) is 9.90 Å². The van der Waals surface area contributed by atoms with E-state index in [4.69, 9.17) is 4.74 Å². The molecule has 0 radical (unpaired) electrons. The van der Waals surface area contributed by atoms with Crippen molar-refractivity contribution < 1.29 is 14.6 Å². The second kappa shape index (κ2) is 7.13. The zero-order chi connectivity index (χ0) is 19.0. The summed E-state index contributed by atoms with van der Waals surface area (Å²) in [6.45, 7) is 7.14. The molecule has 1 saturated heterocycles. The van der Waals surface area contributed by atoms with Gasteiger partial charge in [-0.15, -0.1) is 0 Å². The molecule has 3 aromatic heterocycles. The first kappa shape index (κ1) is 17.7. The fraction of sp³-hybridized carbons (Fsp3) is 0.333. The molecule has 1 N–H and O–H groups in total. The SMILES string of the molecule is Cc1c(C(=O)O)cc2cc(-c3cccnc3)cn2c1C(C)N1CCOCC1. The maximum atomic E-state index is 11.8. The van der Waals surface area contributed by atoms with Crippen LogP contribution in [0.15, 0.2) is 42.9 Å². The molecule has 27 heavy (non-hydrogen) atoms. The number of fused-ring (bicyclic) bond motifs is 1. The lowest BCUT2D eigenvalue weighted by molar-refractivity contribution is 0.0187. The van der Waals surface area contributed by atoms with Crippen LogP contribution in [0.25, 0.3) is 16.6 Å². The number of carbonyl (C=O) groups is 1. The third kappa shape index (κ3) is 3.22. The lowest BCUT2D eigenvalue weighted by Crippen LogP contribution is -2.39. The van der Waals surface area contributed by atoms with Gasteiger partial charge in [0.15, 0.2) is 0 Å². The molecule has 0 amide bonds. The Morgan fingerprint density at radius 3 is 2.70 bits per heavy atom. The van der Waals surface area contributed by atoms with Gasteiger partial charge < -0.3 is 14.2 Å². The normalized spacial score (nSPS) is 16.5. The Morgan fingerprint density at radius 1 is 1.26 bits per heavy atom. The Labute approximate surface area is 158 Å². The average molecular weight is 365 g/mol. The molecule has 1 unspecified atom stereocenters. The first-order valence-electron chi connectivity index (χ1n) is 9.17. The van der Waals surface area contributed by atoms with Crippen molar-refractivity contribution in [2.24, 2.45) is 0 Å². The van der Waals surface area contributed by atoms with Crippen LogP contribution < -0.4 is 0 Å². The largest absolute Gasteiger partial charge is 0.478 e. The van der Waals surface area contributed by atoms with Crippen molar-refractivity contribution >= 4 is 11.5 Å². The van der Waals surface area contributed by atoms with Gasteiger partial charge >= 0.3 is 5.97 Å². The number of aromatic nitrogens is 2. The van der Waals surface area contributed by atoms with E-state index < -0.39 is 5.97 Å². The van der Waals surface area contributed by atoms with Gasteiger partial charge in [0, 0.05) is 60.1 Å². The summed E-state index contributed by atoms with van der Waals surface area (Å²) in [6, 6.07) is 7.79. The Morgan fingerprint density at radius 2 is 2.04 bits per heavy atom. The minimum Gasteiger partial charge on any atom is -0.478 e. The maximum Gasteiger partial charge on any atom is 0.336 e. The third-order valence-corrected chi connectivity index (χ3v) is 5.40. The molecule has 1 atom stereocenters. The summed E-state index contributed by atoms with van der Waals surface area (Å²) >= 11 is 0. The molecule has 0 saturated carbocycles. The summed E-state index contributed by atoms with van der Waals surface area (Å²) in [5.41, 5.74) is 5.10. The number of hydrogen-bond donors (Lipinski definition) is 1. The molecule has 0 aromatic carbocycles. The number of pyridine rings is 2. The molecule has 4 rings (SSSR count). The zero-order valence-electron chi connectivity index (χ0n) is 15.6. The van der Waals surface area contributed by atoms with Gasteiger partial charge in [0.25, 0.3) is 0 Å². The topological polar surface area (TPSA) is 67.1 Å². The van der Waals surface area contributed by atoms with E-state index in [-0.39, 0.29) is 6.04 Å². The first-order chi connectivity index (χ1) is 13.1. The molecular formula is C21H23N3O3. The van der Waals surface area contributed by atoms with Crippen molar-refractivity contribution in [1.29, 1.82) is 0 Å². The molecule has 140 valence electrons. The smallest absolute Gasteiger partial charge is 0.336 e. The summed E-state index contributed by atoms with van der Waals surface area (Å²) in [6.07, 6.45) is 5.65. The first-order valence-corrected chi connectivity index (χ1v) is 9.17. The quantitative estimate of drug-likeness (QED) is 0.767. The Bertz CT molecular complexity index is 975. The summed E-state index contributed by atoms with van der Waals surface area (Å²) < 4.78 is 7.61. The molecule has 3 aromatic rings. The van der Waals surface area contributed by atoms with Crippen LogP contribution in [0.5, 0.6) is 0 Å². The van der Waals surface area contributed by atoms with E-state index in [0.717, 1.165) is 41.0 Å². The van der Waals surface area contributed by atoms with Crippen molar-refractivity contribution in [2.75, 3.05) is 26.3 Å². The summed E-state index contributed by atoms with van der Waals surface area (Å²) in [5, 5.41) is 9.71. The van der Waals surface area contributed by atoms with Gasteiger partial charge in [0.05, 0.1) is 18.8 Å². The van der Waals surface area contributed by atoms with E-state index >= 15 is 0 Å². The monoisotopic (exact) mass is 365 g/mol. The van der Waals surface area contributed by atoms with Crippen molar-refractivity contribution in [1.82, 2.24) is 14.3 Å². The van der Waals surface area contributed by atoms with Crippen LogP contribution in [0.1, 0.15) is 34.6 Å². The van der Waals surface area contributed by atoms with Crippen molar-refractivity contribution in [3.05, 3.63) is 59.7 Å². The van der Waals surface area contributed by atoms with Gasteiger partial charge in [-0.2, -0.15) is 0 Å². The lowest BCUT2D eigenvalue weighted by Gasteiger charge is -2.33. The van der Waals surface area contributed by atoms with E-state index in [2.05, 4.69) is 27.4 Å². The summed E-state index contributed by atoms with van der Waals surface area (Å²) in [4.78, 5) is 18.4. The summed E-state index contributed by atoms with van der Waals surface area (Å²) in [5.74, 6) is -0.894. The number of nitrogens with zero attached hydrogens (tertiary/aromatic N) is 3. The fourth-order valence-corrected chi connectivity index (χ4v) is 3.94. The van der Waals surface area contributed by atoms with E-state index in [1.165, 1.54) is 0 Å². The zero-order valence-corrected chi connectivity index (χ0v) is 15.6. The molecule has 0 aliphatic carbocycles. The van der Waals surface area contributed by atoms with E-state index in [1.807, 2.05) is 31.3 Å². The van der Waals surface area contributed by atoms with Crippen LogP contribution in [0.3, 0.4) is 0 Å². The van der Waals surface area contributed by atoms with Gasteiger partial charge in [-0.3, -0.25) is 9.88 Å². The van der Waals surface area contributed by atoms with Crippen molar-refractivity contribution in [2.45, 2.75) is 19.9 Å². The lowest BCUT2D eigenvalue weighted by atomic mass is 10.0. The highest BCUT2D eigenvalue weighted by atomic mass is 16.5. The van der Waals surface area contributed by atoms with Gasteiger partial charge in [-0.25, -0.2) is 4.79 Å². The minimum absolute atomic E-state index is 0.0878. The summed E-state index contributed by atoms with van der Waals surface area (Å²) in [7, 11) is 0. The number of rotatable bonds is 4. The maximum absolute atomic E-state index is 11.8. The molecule has 1 fully saturated rings. The van der Waals surface area contributed by atoms with Crippen LogP contribution in [0.4, 0.5) is 0 Å². The Hall–Kier alpha value is -2.70. The number of aromatic carboxylic acids is 1. The molecule has 1 aliphatic heterocycles. The number of hydrogen-bond acceptors (Lipinski definition) is 4. The fourth-order valence-electron chi connectivity index (χ4n) is 3.94. The second-order valence-electron chi connectivity index (χ2n) is 6.96. The Balaban J connectivity index is 1.90. The van der Waals surface area contributed by atoms with Gasteiger partial charge in [-0.1, -0.05) is 6.07 Å². The van der Waals surface area contributed by atoms with Crippen LogP contribution in [0.2, 0.25) is 0 Å². The average Bonchev–Trinajstić information content (AvgIpc) is 3.12. The van der Waals surface area contributed by atoms with E-state index in [1.54, 1.807) is 12.3 Å². The molecule has 6 nitrogen and oxygen atoms in total. The van der Waals surface area contributed by atoms with E-state index in [0.29, 0.717) is 18.8 Å². The van der Waals surface area contributed by atoms with Crippen LogP contribution in [-0.2, 0) is 4.74 Å². The second-order valence-corrected chi connectivity index (χ2v) is 6.96. The van der Waals surface area contributed by atoms with Gasteiger partial charge in [-0.05, 0) is 37.6 Å². The van der Waals surface area contributed by atoms with Gasteiger partial charge in [0.1, 0.15) is 0 Å². The van der Waals surface area contributed by atoms with Crippen LogP contribution >= 0.6 is 0 Å². The van der Waals surface area contributed by atoms with Gasteiger partial charge in [0.2, 0.25) is 0 Å². The highest BCUT2D eigenvalue weighted by Crippen LogP contribution is 2.31. The highest BCUT2D eigenvalue weighted by molar-refractivity contribution is 5.91. The number of morpholine rings is 1. The predicted octanol–water partition coefficient (Wildman–Crippen LogP) is 3.40. The molecule has 6 heteroatoms. The van der Waals surface area contributed by atoms with Crippen molar-refractivity contribution in [3.63, 3.8) is 0 Å². The molecule has 4 heterocycles. The predicted molar refractivity (Wildman–Crippen MR) is 103 cm³/mol. The van der Waals surface area contributed by atoms with Crippen LogP contribution in [-0.4, -0.2) is 51.7 Å². The molecule has 1 aliphatic rings. The minimum atomic E-state index is -0.894. The molecule has 0 spiro atoms. The molecular weight excluding hydrogens is 342 g/mol. The van der Waals surface area contributed by atoms with Crippen molar-refractivity contribution in [3.8, 4) is 11.1 Å². The molecule has 0 bridgehead atoms. The number of carboxylic acids is 1. The number of carboxylic acid groups (broad SMARTS) is 1. The third-order valence-electron chi connectivity index (χ3n) is 5.40. The standard InChI is InChI=1S/C21H23N3O3/c1-14-19(21(25)26)11-18-10-17(16-4-3-5-22-12-16)13-24(18)20(14)15(2)23-6-8-27-9-7-23/h3-5,10-13,15H,6-9H2,1-2H3,(H,25,26). The number of ether oxygens (including phenoxy) is 1. The highest BCUT2D eigenvalue weighted by Gasteiger charge is 2.25. The Kier molecular flexibility index (Phi) is 4.68.